The molecule has 2 atom stereocenters. The molecule has 0 aliphatic heterocycles. The van der Waals surface area contributed by atoms with E-state index in [2.05, 4.69) is 20.7 Å². The molecule has 1 aromatic rings. The van der Waals surface area contributed by atoms with Gasteiger partial charge in [0, 0.05) is 16.2 Å². The summed E-state index contributed by atoms with van der Waals surface area (Å²) in [5.41, 5.74) is 6.75. The van der Waals surface area contributed by atoms with Gasteiger partial charge in [0.15, 0.2) is 0 Å². The molecule has 4 N–H and O–H groups in total. The van der Waals surface area contributed by atoms with E-state index in [0.717, 1.165) is 12.8 Å². The maximum Gasteiger partial charge on any atom is 0.241 e. The first kappa shape index (κ1) is 15.8. The van der Waals surface area contributed by atoms with Crippen LogP contribution in [0.1, 0.15) is 31.2 Å². The van der Waals surface area contributed by atoms with Crippen molar-refractivity contribution >= 4 is 31.6 Å². The van der Waals surface area contributed by atoms with E-state index in [4.69, 9.17) is 5.73 Å². The molecule has 1 aliphatic carbocycles. The quantitative estimate of drug-likeness (QED) is 0.716. The van der Waals surface area contributed by atoms with Crippen LogP contribution in [0.15, 0.2) is 21.5 Å². The summed E-state index contributed by atoms with van der Waals surface area (Å²) in [5.74, 6) is 0. The molecule has 0 bridgehead atoms. The van der Waals surface area contributed by atoms with Crippen LogP contribution in [0.4, 0.5) is 5.69 Å². The number of hydrogen-bond acceptors (Lipinski definition) is 4. The zero-order valence-corrected chi connectivity index (χ0v) is 13.7. The molecule has 0 spiro atoms. The first-order chi connectivity index (χ1) is 9.31. The molecule has 1 aliphatic rings. The van der Waals surface area contributed by atoms with Crippen LogP contribution < -0.4 is 10.5 Å². The van der Waals surface area contributed by atoms with E-state index in [9.17, 15) is 13.5 Å². The fourth-order valence-electron chi connectivity index (χ4n) is 2.47. The van der Waals surface area contributed by atoms with Crippen molar-refractivity contribution in [3.63, 3.8) is 0 Å². The van der Waals surface area contributed by atoms with Crippen LogP contribution in [0.25, 0.3) is 0 Å². The van der Waals surface area contributed by atoms with Crippen molar-refractivity contribution in [3.8, 4) is 0 Å². The Hall–Kier alpha value is -0.630. The van der Waals surface area contributed by atoms with Gasteiger partial charge in [-0.1, -0.05) is 12.8 Å². The fraction of sp³-hybridized carbons (Fsp3) is 0.538. The second kappa shape index (κ2) is 6.01. The summed E-state index contributed by atoms with van der Waals surface area (Å²) in [7, 11) is -3.67. The number of halogens is 1. The molecule has 2 unspecified atom stereocenters. The molecule has 1 fully saturated rings. The standard InChI is InChI=1S/C13H19BrN2O3S/c1-8-6-9(14)10(15)7-13(8)20(18,19)16-11-4-2-3-5-12(11)17/h6-7,11-12,16-17H,2-5,15H2,1H3. The van der Waals surface area contributed by atoms with Crippen molar-refractivity contribution in [2.45, 2.75) is 49.6 Å². The first-order valence-electron chi connectivity index (χ1n) is 6.57. The predicted octanol–water partition coefficient (Wildman–Crippen LogP) is 1.92. The molecule has 0 aromatic heterocycles. The molecule has 0 heterocycles. The Balaban J connectivity index is 2.28. The van der Waals surface area contributed by atoms with Crippen molar-refractivity contribution in [2.75, 3.05) is 5.73 Å². The number of nitrogen functional groups attached to an aromatic ring is 1. The van der Waals surface area contributed by atoms with Gasteiger partial charge >= 0.3 is 0 Å². The third kappa shape index (κ3) is 3.33. The largest absolute Gasteiger partial charge is 0.398 e. The average molecular weight is 363 g/mol. The van der Waals surface area contributed by atoms with Crippen molar-refractivity contribution in [1.82, 2.24) is 4.72 Å². The van der Waals surface area contributed by atoms with Crippen LogP contribution in [0.2, 0.25) is 0 Å². The zero-order chi connectivity index (χ0) is 14.9. The number of sulfonamides is 1. The number of anilines is 1. The van der Waals surface area contributed by atoms with E-state index in [-0.39, 0.29) is 4.90 Å². The predicted molar refractivity (Wildman–Crippen MR) is 81.9 cm³/mol. The SMILES string of the molecule is Cc1cc(Br)c(N)cc1S(=O)(=O)NC1CCCCC1O. The van der Waals surface area contributed by atoms with Gasteiger partial charge in [-0.05, 0) is 53.4 Å². The summed E-state index contributed by atoms with van der Waals surface area (Å²) in [6.45, 7) is 1.72. The fourth-order valence-corrected chi connectivity index (χ4v) is 4.49. The van der Waals surface area contributed by atoms with E-state index in [1.54, 1.807) is 13.0 Å². The minimum Gasteiger partial charge on any atom is -0.398 e. The Morgan fingerprint density at radius 2 is 2.00 bits per heavy atom. The number of aryl methyl sites for hydroxylation is 1. The first-order valence-corrected chi connectivity index (χ1v) is 8.85. The summed E-state index contributed by atoms with van der Waals surface area (Å²) >= 11 is 3.27. The van der Waals surface area contributed by atoms with Crippen LogP contribution in [-0.4, -0.2) is 25.7 Å². The lowest BCUT2D eigenvalue weighted by Gasteiger charge is -2.28. The summed E-state index contributed by atoms with van der Waals surface area (Å²) in [6.07, 6.45) is 2.53. The molecule has 2 rings (SSSR count). The van der Waals surface area contributed by atoms with Gasteiger partial charge in [0.05, 0.1) is 11.0 Å². The van der Waals surface area contributed by atoms with Gasteiger partial charge in [0.1, 0.15) is 0 Å². The maximum atomic E-state index is 12.4. The number of hydrogen-bond donors (Lipinski definition) is 3. The number of aliphatic hydroxyl groups is 1. The summed E-state index contributed by atoms with van der Waals surface area (Å²) < 4.78 is 28.1. The molecule has 112 valence electrons. The maximum absolute atomic E-state index is 12.4. The van der Waals surface area contributed by atoms with E-state index in [1.165, 1.54) is 6.07 Å². The van der Waals surface area contributed by atoms with Gasteiger partial charge in [-0.25, -0.2) is 13.1 Å². The minimum atomic E-state index is -3.67. The summed E-state index contributed by atoms with van der Waals surface area (Å²) in [5, 5.41) is 9.89. The van der Waals surface area contributed by atoms with E-state index in [1.807, 2.05) is 0 Å². The summed E-state index contributed by atoms with van der Waals surface area (Å²) in [4.78, 5) is 0.163. The lowest BCUT2D eigenvalue weighted by Crippen LogP contribution is -2.45. The average Bonchev–Trinajstić information content (AvgIpc) is 2.36. The molecular weight excluding hydrogens is 344 g/mol. The van der Waals surface area contributed by atoms with Gasteiger partial charge in [-0.3, -0.25) is 0 Å². The van der Waals surface area contributed by atoms with Gasteiger partial charge in [-0.2, -0.15) is 0 Å². The van der Waals surface area contributed by atoms with Gasteiger partial charge in [0.2, 0.25) is 10.0 Å². The normalized spacial score (nSPS) is 23.8. The van der Waals surface area contributed by atoms with Gasteiger partial charge in [-0.15, -0.1) is 0 Å². The second-order valence-corrected chi connectivity index (χ2v) is 7.76. The smallest absolute Gasteiger partial charge is 0.241 e. The topological polar surface area (TPSA) is 92.4 Å². The number of nitrogens with one attached hydrogen (secondary N) is 1. The molecule has 7 heteroatoms. The second-order valence-electron chi connectivity index (χ2n) is 5.22. The van der Waals surface area contributed by atoms with Crippen molar-refractivity contribution < 1.29 is 13.5 Å². The Labute approximate surface area is 127 Å². The van der Waals surface area contributed by atoms with Crippen LogP contribution in [0.5, 0.6) is 0 Å². The van der Waals surface area contributed by atoms with Gasteiger partial charge in [0.25, 0.3) is 0 Å². The number of aliphatic hydroxyl groups excluding tert-OH is 1. The lowest BCUT2D eigenvalue weighted by molar-refractivity contribution is 0.101. The highest BCUT2D eigenvalue weighted by Gasteiger charge is 2.29. The lowest BCUT2D eigenvalue weighted by atomic mass is 9.93. The highest BCUT2D eigenvalue weighted by Crippen LogP contribution is 2.27. The molecular formula is C13H19BrN2O3S. The van der Waals surface area contributed by atoms with Crippen LogP contribution in [0.3, 0.4) is 0 Å². The zero-order valence-electron chi connectivity index (χ0n) is 11.3. The number of benzene rings is 1. The van der Waals surface area contributed by atoms with E-state index < -0.39 is 22.2 Å². The van der Waals surface area contributed by atoms with Crippen LogP contribution in [0, 0.1) is 6.92 Å². The highest BCUT2D eigenvalue weighted by atomic mass is 79.9. The number of nitrogens with two attached hydrogens (primary N) is 1. The van der Waals surface area contributed by atoms with Crippen molar-refractivity contribution in [2.24, 2.45) is 0 Å². The molecule has 1 saturated carbocycles. The monoisotopic (exact) mass is 362 g/mol. The number of rotatable bonds is 3. The third-order valence-corrected chi connectivity index (χ3v) is 5.94. The molecule has 1 aromatic carbocycles. The minimum absolute atomic E-state index is 0.163. The molecule has 0 radical (unpaired) electrons. The molecule has 5 nitrogen and oxygen atoms in total. The molecule has 20 heavy (non-hydrogen) atoms. The Morgan fingerprint density at radius 1 is 1.35 bits per heavy atom. The van der Waals surface area contributed by atoms with E-state index >= 15 is 0 Å². The van der Waals surface area contributed by atoms with Crippen molar-refractivity contribution in [3.05, 3.63) is 22.2 Å². The third-order valence-electron chi connectivity index (χ3n) is 3.62. The van der Waals surface area contributed by atoms with Gasteiger partial charge < -0.3 is 10.8 Å². The van der Waals surface area contributed by atoms with Crippen LogP contribution >= 0.6 is 15.9 Å². The highest BCUT2D eigenvalue weighted by molar-refractivity contribution is 9.10. The van der Waals surface area contributed by atoms with E-state index in [0.29, 0.717) is 28.6 Å². The summed E-state index contributed by atoms with van der Waals surface area (Å²) in [6, 6.07) is 2.70. The van der Waals surface area contributed by atoms with Crippen LogP contribution in [-0.2, 0) is 10.0 Å². The molecule has 0 amide bonds. The Bertz CT molecular complexity index is 604. The molecule has 0 saturated heterocycles. The van der Waals surface area contributed by atoms with Crippen molar-refractivity contribution in [1.29, 1.82) is 0 Å². The Kier molecular flexibility index (Phi) is 4.73. The Morgan fingerprint density at radius 3 is 2.65 bits per heavy atom.